The Balaban J connectivity index is 2.08. The number of hydrogen-bond donors (Lipinski definition) is 2. The zero-order valence-corrected chi connectivity index (χ0v) is 11.7. The lowest BCUT2D eigenvalue weighted by Crippen LogP contribution is -2.22. The lowest BCUT2D eigenvalue weighted by molar-refractivity contribution is 0.438. The van der Waals surface area contributed by atoms with Gasteiger partial charge in [-0.1, -0.05) is 48.0 Å². The summed E-state index contributed by atoms with van der Waals surface area (Å²) in [6, 6.07) is 16.4. The smallest absolute Gasteiger partial charge is 0.120 e. The maximum Gasteiger partial charge on any atom is 0.120 e. The zero-order chi connectivity index (χ0) is 13.8. The van der Waals surface area contributed by atoms with Crippen LogP contribution < -0.4 is 5.32 Å². The Hall–Kier alpha value is -1.80. The SMILES string of the molecule is Cc1ccc(C(C)NC(C)c2ccccc2O)cc1. The van der Waals surface area contributed by atoms with E-state index >= 15 is 0 Å². The number of para-hydroxylation sites is 1. The van der Waals surface area contributed by atoms with Gasteiger partial charge in [-0.25, -0.2) is 0 Å². The van der Waals surface area contributed by atoms with Crippen LogP contribution in [0, 0.1) is 6.92 Å². The molecule has 2 nitrogen and oxygen atoms in total. The van der Waals surface area contributed by atoms with Gasteiger partial charge in [0.05, 0.1) is 0 Å². The normalized spacial score (nSPS) is 14.1. The van der Waals surface area contributed by atoms with Crippen molar-refractivity contribution in [2.24, 2.45) is 0 Å². The Morgan fingerprint density at radius 2 is 1.53 bits per heavy atom. The van der Waals surface area contributed by atoms with Crippen molar-refractivity contribution in [3.05, 3.63) is 65.2 Å². The topological polar surface area (TPSA) is 32.3 Å². The highest BCUT2D eigenvalue weighted by Gasteiger charge is 2.13. The molecule has 2 atom stereocenters. The minimum absolute atomic E-state index is 0.109. The highest BCUT2D eigenvalue weighted by Crippen LogP contribution is 2.25. The van der Waals surface area contributed by atoms with Gasteiger partial charge in [0.15, 0.2) is 0 Å². The lowest BCUT2D eigenvalue weighted by atomic mass is 10.0. The van der Waals surface area contributed by atoms with Crippen molar-refractivity contribution in [3.8, 4) is 5.75 Å². The van der Waals surface area contributed by atoms with Crippen LogP contribution in [0.2, 0.25) is 0 Å². The van der Waals surface area contributed by atoms with Gasteiger partial charge in [-0.3, -0.25) is 0 Å². The Morgan fingerprint density at radius 1 is 0.895 bits per heavy atom. The van der Waals surface area contributed by atoms with Crippen molar-refractivity contribution in [1.29, 1.82) is 0 Å². The summed E-state index contributed by atoms with van der Waals surface area (Å²) in [4.78, 5) is 0. The molecule has 19 heavy (non-hydrogen) atoms. The van der Waals surface area contributed by atoms with Crippen LogP contribution in [0.4, 0.5) is 0 Å². The van der Waals surface area contributed by atoms with Gasteiger partial charge in [0, 0.05) is 17.6 Å². The maximum atomic E-state index is 9.86. The number of aromatic hydroxyl groups is 1. The van der Waals surface area contributed by atoms with Crippen LogP contribution in [0.15, 0.2) is 48.5 Å². The van der Waals surface area contributed by atoms with Crippen molar-refractivity contribution >= 4 is 0 Å². The molecule has 2 rings (SSSR count). The van der Waals surface area contributed by atoms with Crippen LogP contribution in [-0.4, -0.2) is 5.11 Å². The first kappa shape index (κ1) is 13.6. The van der Waals surface area contributed by atoms with Crippen LogP contribution in [0.5, 0.6) is 5.75 Å². The minimum atomic E-state index is 0.109. The molecule has 0 bridgehead atoms. The van der Waals surface area contributed by atoms with Gasteiger partial charge >= 0.3 is 0 Å². The summed E-state index contributed by atoms with van der Waals surface area (Å²) < 4.78 is 0. The van der Waals surface area contributed by atoms with Gasteiger partial charge in [-0.15, -0.1) is 0 Å². The first-order valence-electron chi connectivity index (χ1n) is 6.68. The molecule has 0 aliphatic rings. The summed E-state index contributed by atoms with van der Waals surface area (Å²) in [5, 5.41) is 13.4. The number of phenolic OH excluding ortho intramolecular Hbond substituents is 1. The molecule has 2 aromatic rings. The van der Waals surface area contributed by atoms with Crippen LogP contribution >= 0.6 is 0 Å². The predicted molar refractivity (Wildman–Crippen MR) is 79.3 cm³/mol. The third-order valence-electron chi connectivity index (χ3n) is 3.48. The molecule has 0 saturated heterocycles. The number of aryl methyl sites for hydroxylation is 1. The molecule has 0 saturated carbocycles. The van der Waals surface area contributed by atoms with E-state index in [1.165, 1.54) is 11.1 Å². The van der Waals surface area contributed by atoms with Crippen LogP contribution in [0.3, 0.4) is 0 Å². The standard InChI is InChI=1S/C17H21NO/c1-12-8-10-15(11-9-12)13(2)18-14(3)16-6-4-5-7-17(16)19/h4-11,13-14,18-19H,1-3H3. The molecular weight excluding hydrogens is 234 g/mol. The van der Waals surface area contributed by atoms with E-state index in [2.05, 4.69) is 50.4 Å². The Kier molecular flexibility index (Phi) is 4.23. The van der Waals surface area contributed by atoms with Crippen molar-refractivity contribution < 1.29 is 5.11 Å². The maximum absolute atomic E-state index is 9.86. The summed E-state index contributed by atoms with van der Waals surface area (Å²) >= 11 is 0. The van der Waals surface area contributed by atoms with E-state index in [4.69, 9.17) is 0 Å². The van der Waals surface area contributed by atoms with Gasteiger partial charge in [0.1, 0.15) is 5.75 Å². The van der Waals surface area contributed by atoms with Crippen molar-refractivity contribution in [3.63, 3.8) is 0 Å². The molecule has 0 radical (unpaired) electrons. The summed E-state index contributed by atoms with van der Waals surface area (Å²) in [5.74, 6) is 0.346. The monoisotopic (exact) mass is 255 g/mol. The molecule has 0 spiro atoms. The van der Waals surface area contributed by atoms with Crippen LogP contribution in [-0.2, 0) is 0 Å². The Morgan fingerprint density at radius 3 is 2.16 bits per heavy atom. The average Bonchev–Trinajstić information content (AvgIpc) is 2.39. The summed E-state index contributed by atoms with van der Waals surface area (Å²) in [5.41, 5.74) is 3.46. The fraction of sp³-hybridized carbons (Fsp3) is 0.294. The second-order valence-corrected chi connectivity index (χ2v) is 5.08. The van der Waals surface area contributed by atoms with Gasteiger partial charge in [-0.05, 0) is 32.4 Å². The van der Waals surface area contributed by atoms with Gasteiger partial charge < -0.3 is 10.4 Å². The molecule has 100 valence electrons. The van der Waals surface area contributed by atoms with E-state index in [1.54, 1.807) is 6.07 Å². The summed E-state index contributed by atoms with van der Waals surface area (Å²) in [6.07, 6.45) is 0. The van der Waals surface area contributed by atoms with E-state index in [9.17, 15) is 5.11 Å². The molecule has 2 unspecified atom stereocenters. The molecule has 0 aliphatic carbocycles. The average molecular weight is 255 g/mol. The molecule has 2 N–H and O–H groups in total. The van der Waals surface area contributed by atoms with E-state index < -0.39 is 0 Å². The third-order valence-corrected chi connectivity index (χ3v) is 3.48. The van der Waals surface area contributed by atoms with E-state index in [0.717, 1.165) is 5.56 Å². The number of hydrogen-bond acceptors (Lipinski definition) is 2. The number of nitrogens with one attached hydrogen (secondary N) is 1. The fourth-order valence-corrected chi connectivity index (χ4v) is 2.27. The zero-order valence-electron chi connectivity index (χ0n) is 11.7. The molecule has 0 fully saturated rings. The molecule has 2 aromatic carbocycles. The second-order valence-electron chi connectivity index (χ2n) is 5.08. The highest BCUT2D eigenvalue weighted by atomic mass is 16.3. The van der Waals surface area contributed by atoms with Crippen LogP contribution in [0.1, 0.15) is 42.6 Å². The van der Waals surface area contributed by atoms with Crippen molar-refractivity contribution in [1.82, 2.24) is 5.32 Å². The first-order valence-corrected chi connectivity index (χ1v) is 6.68. The lowest BCUT2D eigenvalue weighted by Gasteiger charge is -2.21. The molecule has 2 heteroatoms. The molecule has 0 heterocycles. The minimum Gasteiger partial charge on any atom is -0.508 e. The van der Waals surface area contributed by atoms with Crippen molar-refractivity contribution in [2.45, 2.75) is 32.9 Å². The quantitative estimate of drug-likeness (QED) is 0.861. The molecule has 0 amide bonds. The van der Waals surface area contributed by atoms with E-state index in [1.807, 2.05) is 18.2 Å². The molecule has 0 aromatic heterocycles. The van der Waals surface area contributed by atoms with Gasteiger partial charge in [0.25, 0.3) is 0 Å². The first-order chi connectivity index (χ1) is 9.08. The predicted octanol–water partition coefficient (Wildman–Crippen LogP) is 4.11. The molecular formula is C17H21NO. The number of benzene rings is 2. The van der Waals surface area contributed by atoms with E-state index in [0.29, 0.717) is 5.75 Å². The highest BCUT2D eigenvalue weighted by molar-refractivity contribution is 5.34. The van der Waals surface area contributed by atoms with Gasteiger partial charge in [-0.2, -0.15) is 0 Å². The molecule has 0 aliphatic heterocycles. The van der Waals surface area contributed by atoms with Crippen LogP contribution in [0.25, 0.3) is 0 Å². The number of phenols is 1. The second kappa shape index (κ2) is 5.89. The third kappa shape index (κ3) is 3.36. The largest absolute Gasteiger partial charge is 0.508 e. The van der Waals surface area contributed by atoms with Gasteiger partial charge in [0.2, 0.25) is 0 Å². The van der Waals surface area contributed by atoms with E-state index in [-0.39, 0.29) is 12.1 Å². The summed E-state index contributed by atoms with van der Waals surface area (Å²) in [6.45, 7) is 6.30. The Bertz CT molecular complexity index is 533. The summed E-state index contributed by atoms with van der Waals surface area (Å²) in [7, 11) is 0. The van der Waals surface area contributed by atoms with Crippen molar-refractivity contribution in [2.75, 3.05) is 0 Å². The Labute approximate surface area is 115 Å². The fourth-order valence-electron chi connectivity index (χ4n) is 2.27. The number of rotatable bonds is 4.